The number of H-pyrrole nitrogens is 1. The molecule has 3 aromatic heterocycles. The number of aromatic nitrogens is 7. The van der Waals surface area contributed by atoms with Crippen molar-refractivity contribution in [3.63, 3.8) is 0 Å². The van der Waals surface area contributed by atoms with Crippen LogP contribution in [-0.4, -0.2) is 53.8 Å². The van der Waals surface area contributed by atoms with Crippen LogP contribution in [0.3, 0.4) is 0 Å². The highest BCUT2D eigenvalue weighted by Gasteiger charge is 2.39. The van der Waals surface area contributed by atoms with E-state index < -0.39 is 5.97 Å². The number of aryl methyl sites for hydroxylation is 1. The summed E-state index contributed by atoms with van der Waals surface area (Å²) in [5.41, 5.74) is 1.15. The number of nitrogens with one attached hydrogen (secondary N) is 1. The van der Waals surface area contributed by atoms with E-state index in [0.717, 1.165) is 42.4 Å². The molecule has 1 aliphatic heterocycles. The number of carbonyl (C=O) groups is 1. The number of anilines is 1. The van der Waals surface area contributed by atoms with E-state index in [1.165, 1.54) is 26.1 Å². The zero-order valence-electron chi connectivity index (χ0n) is 17.3. The number of hydrogen-bond donors (Lipinski definition) is 1. The van der Waals surface area contributed by atoms with Crippen molar-refractivity contribution in [1.29, 1.82) is 0 Å². The third-order valence-electron chi connectivity index (χ3n) is 6.02. The van der Waals surface area contributed by atoms with Crippen LogP contribution in [0.4, 0.5) is 5.82 Å². The quantitative estimate of drug-likeness (QED) is 0.655. The zero-order valence-corrected chi connectivity index (χ0v) is 17.3. The molecule has 10 heteroatoms. The molecular formula is C20H24N8O2. The van der Waals surface area contributed by atoms with Gasteiger partial charge < -0.3 is 14.6 Å². The number of fused-ring (bicyclic) bond motifs is 3. The van der Waals surface area contributed by atoms with Crippen molar-refractivity contribution in [3.05, 3.63) is 29.7 Å². The molecule has 0 unspecified atom stereocenters. The SMILES string of the molecule is CC[C@@H]1c2nnc(C)n2-c2cnc(-c3ncc(C(=O)OC)[nH]3)nc2N1C1CCCC1. The number of rotatable bonds is 4. The molecule has 0 radical (unpaired) electrons. The van der Waals surface area contributed by atoms with Crippen molar-refractivity contribution in [2.45, 2.75) is 58.0 Å². The first-order chi connectivity index (χ1) is 14.6. The molecule has 0 aromatic carbocycles. The van der Waals surface area contributed by atoms with Crippen LogP contribution in [0.25, 0.3) is 17.3 Å². The molecule has 1 atom stereocenters. The highest BCUT2D eigenvalue weighted by atomic mass is 16.5. The fraction of sp³-hybridized carbons (Fsp3) is 0.500. The van der Waals surface area contributed by atoms with Gasteiger partial charge in [-0.25, -0.2) is 19.7 Å². The van der Waals surface area contributed by atoms with Gasteiger partial charge in [0, 0.05) is 6.04 Å². The summed E-state index contributed by atoms with van der Waals surface area (Å²) < 4.78 is 6.81. The molecular weight excluding hydrogens is 384 g/mol. The number of aromatic amines is 1. The van der Waals surface area contributed by atoms with Crippen molar-refractivity contribution in [2.75, 3.05) is 12.0 Å². The first-order valence-electron chi connectivity index (χ1n) is 10.3. The van der Waals surface area contributed by atoms with Crippen molar-refractivity contribution in [2.24, 2.45) is 0 Å². The van der Waals surface area contributed by atoms with E-state index in [2.05, 4.69) is 41.5 Å². The third kappa shape index (κ3) is 2.78. The molecule has 0 spiro atoms. The van der Waals surface area contributed by atoms with E-state index in [0.29, 0.717) is 17.7 Å². The summed E-state index contributed by atoms with van der Waals surface area (Å²) >= 11 is 0. The highest BCUT2D eigenvalue weighted by Crippen LogP contribution is 2.43. The molecule has 1 aliphatic carbocycles. The lowest BCUT2D eigenvalue weighted by molar-refractivity contribution is 0.0595. The molecule has 3 aromatic rings. The van der Waals surface area contributed by atoms with Crippen molar-refractivity contribution >= 4 is 11.8 Å². The Morgan fingerprint density at radius 2 is 2.03 bits per heavy atom. The van der Waals surface area contributed by atoms with Crippen molar-refractivity contribution in [1.82, 2.24) is 34.7 Å². The summed E-state index contributed by atoms with van der Waals surface area (Å²) in [4.78, 5) is 30.9. The molecule has 156 valence electrons. The van der Waals surface area contributed by atoms with Crippen LogP contribution < -0.4 is 4.90 Å². The fourth-order valence-electron chi connectivity index (χ4n) is 4.63. The van der Waals surface area contributed by atoms with Crippen LogP contribution in [0.5, 0.6) is 0 Å². The maximum atomic E-state index is 11.8. The maximum Gasteiger partial charge on any atom is 0.356 e. The maximum absolute atomic E-state index is 11.8. The summed E-state index contributed by atoms with van der Waals surface area (Å²) in [7, 11) is 1.34. The van der Waals surface area contributed by atoms with Crippen LogP contribution in [0.1, 0.15) is 67.2 Å². The topological polar surface area (TPSA) is 115 Å². The molecule has 1 fully saturated rings. The van der Waals surface area contributed by atoms with E-state index >= 15 is 0 Å². The lowest BCUT2D eigenvalue weighted by Crippen LogP contribution is -2.42. The molecule has 1 saturated carbocycles. The normalized spacial score (nSPS) is 18.4. The predicted octanol–water partition coefficient (Wildman–Crippen LogP) is 2.76. The lowest BCUT2D eigenvalue weighted by Gasteiger charge is -2.41. The van der Waals surface area contributed by atoms with Gasteiger partial charge in [-0.3, -0.25) is 4.57 Å². The fourth-order valence-corrected chi connectivity index (χ4v) is 4.63. The Balaban J connectivity index is 1.65. The van der Waals surface area contributed by atoms with Crippen LogP contribution >= 0.6 is 0 Å². The molecule has 0 amide bonds. The minimum atomic E-state index is -0.477. The largest absolute Gasteiger partial charge is 0.464 e. The average molecular weight is 408 g/mol. The van der Waals surface area contributed by atoms with Crippen LogP contribution in [0, 0.1) is 6.92 Å². The standard InChI is InChI=1S/C20H24N8O2/c1-4-14-19-26-25-11(2)27(19)15-10-22-17(16-21-9-13(23-16)20(29)30-3)24-18(15)28(14)12-7-5-6-8-12/h9-10,12,14H,4-8H2,1-3H3,(H,21,23)/t14-/m1/s1. The molecule has 5 rings (SSSR count). The van der Waals surface area contributed by atoms with Crippen LogP contribution in [-0.2, 0) is 4.74 Å². The van der Waals surface area contributed by atoms with Gasteiger partial charge in [0.25, 0.3) is 0 Å². The van der Waals surface area contributed by atoms with E-state index in [1.54, 1.807) is 6.20 Å². The van der Waals surface area contributed by atoms with Gasteiger partial charge in [-0.2, -0.15) is 0 Å². The zero-order chi connectivity index (χ0) is 20.8. The van der Waals surface area contributed by atoms with Gasteiger partial charge >= 0.3 is 5.97 Å². The number of esters is 1. The summed E-state index contributed by atoms with van der Waals surface area (Å²) in [6.07, 6.45) is 8.85. The lowest BCUT2D eigenvalue weighted by atomic mass is 10.0. The predicted molar refractivity (Wildman–Crippen MR) is 108 cm³/mol. The van der Waals surface area contributed by atoms with Gasteiger partial charge in [-0.05, 0) is 26.2 Å². The number of imidazole rings is 1. The number of methoxy groups -OCH3 is 1. The Kier molecular flexibility index (Phi) is 4.48. The second-order valence-corrected chi connectivity index (χ2v) is 7.75. The molecule has 10 nitrogen and oxygen atoms in total. The summed E-state index contributed by atoms with van der Waals surface area (Å²) in [5, 5.41) is 8.82. The van der Waals surface area contributed by atoms with Gasteiger partial charge in [0.2, 0.25) is 0 Å². The monoisotopic (exact) mass is 408 g/mol. The first-order valence-corrected chi connectivity index (χ1v) is 10.3. The number of nitrogens with zero attached hydrogens (tertiary/aromatic N) is 7. The molecule has 0 bridgehead atoms. The van der Waals surface area contributed by atoms with E-state index in [4.69, 9.17) is 9.72 Å². The molecule has 0 saturated heterocycles. The van der Waals surface area contributed by atoms with Gasteiger partial charge in [-0.1, -0.05) is 19.8 Å². The smallest absolute Gasteiger partial charge is 0.356 e. The van der Waals surface area contributed by atoms with E-state index in [9.17, 15) is 4.79 Å². The minimum absolute atomic E-state index is 0.104. The third-order valence-corrected chi connectivity index (χ3v) is 6.02. The van der Waals surface area contributed by atoms with Crippen molar-refractivity contribution in [3.8, 4) is 17.3 Å². The van der Waals surface area contributed by atoms with E-state index in [-0.39, 0.29) is 11.7 Å². The summed E-state index contributed by atoms with van der Waals surface area (Å²) in [5.74, 6) is 3.02. The van der Waals surface area contributed by atoms with Crippen molar-refractivity contribution < 1.29 is 9.53 Å². The van der Waals surface area contributed by atoms with Gasteiger partial charge in [0.1, 0.15) is 17.2 Å². The van der Waals surface area contributed by atoms with E-state index in [1.807, 2.05) is 6.92 Å². The Morgan fingerprint density at radius 3 is 2.77 bits per heavy atom. The second-order valence-electron chi connectivity index (χ2n) is 7.75. The molecule has 2 aliphatic rings. The Morgan fingerprint density at radius 1 is 1.23 bits per heavy atom. The molecule has 30 heavy (non-hydrogen) atoms. The molecule has 4 heterocycles. The Hall–Kier alpha value is -3.30. The molecule has 1 N–H and O–H groups in total. The van der Waals surface area contributed by atoms with Gasteiger partial charge in [0.15, 0.2) is 23.3 Å². The van der Waals surface area contributed by atoms with Gasteiger partial charge in [0.05, 0.1) is 25.5 Å². The minimum Gasteiger partial charge on any atom is -0.464 e. The highest BCUT2D eigenvalue weighted by molar-refractivity contribution is 5.87. The summed E-state index contributed by atoms with van der Waals surface area (Å²) in [6, 6.07) is 0.510. The summed E-state index contributed by atoms with van der Waals surface area (Å²) in [6.45, 7) is 4.12. The first kappa shape index (κ1) is 18.7. The average Bonchev–Trinajstić information content (AvgIpc) is 3.53. The Bertz CT molecular complexity index is 1100. The van der Waals surface area contributed by atoms with Gasteiger partial charge in [-0.15, -0.1) is 10.2 Å². The second kappa shape index (κ2) is 7.19. The van der Waals surface area contributed by atoms with Crippen LogP contribution in [0.2, 0.25) is 0 Å². The number of ether oxygens (including phenoxy) is 1. The Labute approximate surface area is 173 Å². The number of carbonyl (C=O) groups excluding carboxylic acids is 1. The van der Waals surface area contributed by atoms with Crippen LogP contribution in [0.15, 0.2) is 12.4 Å². The number of hydrogen-bond acceptors (Lipinski definition) is 8.